The molecule has 1 aliphatic rings. The van der Waals surface area contributed by atoms with Gasteiger partial charge in [-0.05, 0) is 61.0 Å². The van der Waals surface area contributed by atoms with Crippen LogP contribution >= 0.6 is 0 Å². The quantitative estimate of drug-likeness (QED) is 0.401. The highest BCUT2D eigenvalue weighted by molar-refractivity contribution is 5.86. The fraction of sp³-hybridized carbons (Fsp3) is 0.200. The molecule has 0 fully saturated rings. The summed E-state index contributed by atoms with van der Waals surface area (Å²) >= 11 is 0. The molecule has 3 heterocycles. The molecule has 7 heteroatoms. The topological polar surface area (TPSA) is 85.8 Å². The zero-order valence-electron chi connectivity index (χ0n) is 17.4. The van der Waals surface area contributed by atoms with Crippen molar-refractivity contribution in [3.63, 3.8) is 0 Å². The molecule has 1 atom stereocenters. The van der Waals surface area contributed by atoms with Crippen molar-refractivity contribution in [2.75, 3.05) is 25.0 Å². The van der Waals surface area contributed by atoms with E-state index < -0.39 is 0 Å². The van der Waals surface area contributed by atoms with Crippen LogP contribution in [0.2, 0.25) is 0 Å². The molecule has 2 aromatic heterocycles. The van der Waals surface area contributed by atoms with Crippen LogP contribution in [0.5, 0.6) is 5.88 Å². The molecule has 5 rings (SSSR count). The predicted molar refractivity (Wildman–Crippen MR) is 122 cm³/mol. The molecule has 6 nitrogen and oxygen atoms in total. The van der Waals surface area contributed by atoms with Gasteiger partial charge in [-0.25, -0.2) is 9.37 Å². The van der Waals surface area contributed by atoms with Crippen molar-refractivity contribution in [2.45, 2.75) is 12.5 Å². The van der Waals surface area contributed by atoms with Crippen LogP contribution in [-0.4, -0.2) is 35.7 Å². The lowest BCUT2D eigenvalue weighted by atomic mass is 10.1. The first-order valence-corrected chi connectivity index (χ1v) is 10.6. The maximum atomic E-state index is 13.5. The highest BCUT2D eigenvalue weighted by Gasteiger charge is 2.21. The number of fused-ring (bicyclic) bond motifs is 2. The summed E-state index contributed by atoms with van der Waals surface area (Å²) in [4.78, 5) is 7.80. The number of nitrogens with one attached hydrogen (secondary N) is 3. The Morgan fingerprint density at radius 1 is 1.16 bits per heavy atom. The number of halogens is 1. The van der Waals surface area contributed by atoms with Crippen LogP contribution < -0.4 is 15.4 Å². The second kappa shape index (κ2) is 8.69. The second-order valence-corrected chi connectivity index (χ2v) is 7.87. The van der Waals surface area contributed by atoms with Gasteiger partial charge in [-0.2, -0.15) is 5.26 Å². The number of hydrogen-bond acceptors (Lipinski definition) is 5. The molecule has 0 spiro atoms. The van der Waals surface area contributed by atoms with E-state index in [1.165, 1.54) is 17.7 Å². The minimum Gasteiger partial charge on any atom is -0.470 e. The van der Waals surface area contributed by atoms with Gasteiger partial charge in [-0.3, -0.25) is 0 Å². The molecule has 0 amide bonds. The molecule has 0 saturated carbocycles. The molecule has 160 valence electrons. The van der Waals surface area contributed by atoms with Crippen molar-refractivity contribution in [3.8, 4) is 23.2 Å². The first-order valence-electron chi connectivity index (χ1n) is 10.6. The zero-order chi connectivity index (χ0) is 21.9. The Labute approximate surface area is 185 Å². The number of H-pyrrole nitrogens is 1. The minimum atomic E-state index is -0.252. The van der Waals surface area contributed by atoms with E-state index >= 15 is 0 Å². The average Bonchev–Trinajstić information content (AvgIpc) is 3.25. The van der Waals surface area contributed by atoms with Crippen molar-refractivity contribution < 1.29 is 9.13 Å². The molecule has 1 aliphatic heterocycles. The first-order chi connectivity index (χ1) is 15.7. The Kier molecular flexibility index (Phi) is 5.44. The summed E-state index contributed by atoms with van der Waals surface area (Å²) in [5.41, 5.74) is 5.40. The molecule has 32 heavy (non-hydrogen) atoms. The standard InChI is InChI=1S/C25H22FN5O/c26-20-5-6-22-18(9-20)10-23(31-22)19-11-24-25(30-13-19)32-21(15-29-24)14-28-8-7-16-1-3-17(12-27)4-2-16/h1-6,9-11,13,21,28-29,31H,7-8,14-15H2/t21-/m1/s1. The van der Waals surface area contributed by atoms with Crippen LogP contribution in [0, 0.1) is 17.1 Å². The van der Waals surface area contributed by atoms with E-state index in [0.29, 0.717) is 24.5 Å². The molecule has 0 saturated heterocycles. The smallest absolute Gasteiger partial charge is 0.237 e. The predicted octanol–water partition coefficient (Wildman–Crippen LogP) is 4.25. The van der Waals surface area contributed by atoms with Gasteiger partial charge in [0.05, 0.1) is 23.9 Å². The molecule has 0 bridgehead atoms. The Bertz CT molecular complexity index is 1290. The van der Waals surface area contributed by atoms with E-state index in [4.69, 9.17) is 10.00 Å². The lowest BCUT2D eigenvalue weighted by molar-refractivity contribution is 0.194. The molecule has 3 N–H and O–H groups in total. The van der Waals surface area contributed by atoms with Gasteiger partial charge in [0.25, 0.3) is 0 Å². The fourth-order valence-electron chi connectivity index (χ4n) is 3.86. The summed E-state index contributed by atoms with van der Waals surface area (Å²) in [5, 5.41) is 16.5. The first kappa shape index (κ1) is 20.0. The summed E-state index contributed by atoms with van der Waals surface area (Å²) in [7, 11) is 0. The van der Waals surface area contributed by atoms with Gasteiger partial charge in [0, 0.05) is 34.9 Å². The van der Waals surface area contributed by atoms with Crippen molar-refractivity contribution >= 4 is 16.6 Å². The van der Waals surface area contributed by atoms with Crippen LogP contribution in [-0.2, 0) is 6.42 Å². The summed E-state index contributed by atoms with van der Waals surface area (Å²) in [6.07, 6.45) is 2.64. The van der Waals surface area contributed by atoms with Gasteiger partial charge in [0.2, 0.25) is 5.88 Å². The van der Waals surface area contributed by atoms with E-state index in [1.54, 1.807) is 12.3 Å². The lowest BCUT2D eigenvalue weighted by Gasteiger charge is -2.27. The fourth-order valence-corrected chi connectivity index (χ4v) is 3.86. The number of pyridine rings is 1. The third-order valence-electron chi connectivity index (χ3n) is 5.59. The third-order valence-corrected chi connectivity index (χ3v) is 5.59. The Balaban J connectivity index is 1.17. The number of aromatic amines is 1. The van der Waals surface area contributed by atoms with E-state index in [1.807, 2.05) is 36.4 Å². The number of anilines is 1. The summed E-state index contributed by atoms with van der Waals surface area (Å²) in [6.45, 7) is 2.21. The van der Waals surface area contributed by atoms with E-state index in [-0.39, 0.29) is 11.9 Å². The van der Waals surface area contributed by atoms with E-state index in [2.05, 4.69) is 26.7 Å². The molecule has 0 aliphatic carbocycles. The molecular formula is C25H22FN5O. The number of aromatic nitrogens is 2. The van der Waals surface area contributed by atoms with Crippen LogP contribution in [0.3, 0.4) is 0 Å². The number of hydrogen-bond donors (Lipinski definition) is 3. The summed E-state index contributed by atoms with van der Waals surface area (Å²) in [6, 6.07) is 18.4. The average molecular weight is 427 g/mol. The van der Waals surface area contributed by atoms with E-state index in [0.717, 1.165) is 40.8 Å². The van der Waals surface area contributed by atoms with Gasteiger partial charge in [0.15, 0.2) is 0 Å². The second-order valence-electron chi connectivity index (χ2n) is 7.87. The maximum absolute atomic E-state index is 13.5. The lowest BCUT2D eigenvalue weighted by Crippen LogP contribution is -2.40. The minimum absolute atomic E-state index is 0.0159. The SMILES string of the molecule is N#Cc1ccc(CCNC[C@@H]2CNc3cc(-c4cc5cc(F)ccc5[nH]4)cnc3O2)cc1. The highest BCUT2D eigenvalue weighted by Crippen LogP contribution is 2.32. The normalized spacial score (nSPS) is 14.9. The van der Waals surface area contributed by atoms with Gasteiger partial charge in [0.1, 0.15) is 11.9 Å². The maximum Gasteiger partial charge on any atom is 0.237 e. The van der Waals surface area contributed by atoms with Gasteiger partial charge in [-0.15, -0.1) is 0 Å². The number of benzene rings is 2. The van der Waals surface area contributed by atoms with Crippen LogP contribution in [0.1, 0.15) is 11.1 Å². The van der Waals surface area contributed by atoms with Gasteiger partial charge < -0.3 is 20.4 Å². The summed E-state index contributed by atoms with van der Waals surface area (Å²) < 4.78 is 19.5. The number of rotatable bonds is 6. The number of nitrogens with zero attached hydrogens (tertiary/aromatic N) is 2. The molecule has 0 radical (unpaired) electrons. The van der Waals surface area contributed by atoms with Crippen molar-refractivity contribution in [3.05, 3.63) is 77.7 Å². The highest BCUT2D eigenvalue weighted by atomic mass is 19.1. The van der Waals surface area contributed by atoms with Crippen LogP contribution in [0.4, 0.5) is 10.1 Å². The van der Waals surface area contributed by atoms with Crippen LogP contribution in [0.15, 0.2) is 60.8 Å². The zero-order valence-corrected chi connectivity index (χ0v) is 17.4. The molecule has 4 aromatic rings. The van der Waals surface area contributed by atoms with Gasteiger partial charge in [-0.1, -0.05) is 12.1 Å². The third kappa shape index (κ3) is 4.27. The largest absolute Gasteiger partial charge is 0.470 e. The van der Waals surface area contributed by atoms with Crippen molar-refractivity contribution in [1.82, 2.24) is 15.3 Å². The molecule has 0 unspecified atom stereocenters. The summed E-state index contributed by atoms with van der Waals surface area (Å²) in [5.74, 6) is 0.333. The van der Waals surface area contributed by atoms with Crippen LogP contribution in [0.25, 0.3) is 22.2 Å². The Morgan fingerprint density at radius 2 is 2.03 bits per heavy atom. The number of ether oxygens (including phenoxy) is 1. The number of nitriles is 1. The molecular weight excluding hydrogens is 405 g/mol. The Hall–Kier alpha value is -3.89. The van der Waals surface area contributed by atoms with Crippen molar-refractivity contribution in [1.29, 1.82) is 5.26 Å². The van der Waals surface area contributed by atoms with Crippen molar-refractivity contribution in [2.24, 2.45) is 0 Å². The monoisotopic (exact) mass is 427 g/mol. The molecule has 2 aromatic carbocycles. The van der Waals surface area contributed by atoms with Gasteiger partial charge >= 0.3 is 0 Å². The Morgan fingerprint density at radius 3 is 2.88 bits per heavy atom. The van der Waals surface area contributed by atoms with E-state index in [9.17, 15) is 4.39 Å².